The second-order valence-electron chi connectivity index (χ2n) is 1.74. The average Bonchev–Trinajstić information content (AvgIpc) is 2.14. The number of hydrogen-bond donors (Lipinski definition) is 0. The van der Waals surface area contributed by atoms with Gasteiger partial charge in [0.2, 0.25) is 0 Å². The summed E-state index contributed by atoms with van der Waals surface area (Å²) in [6.45, 7) is 5.67. The molecule has 0 aromatic carbocycles. The Morgan fingerprint density at radius 3 is 2.75 bits per heavy atom. The first-order valence-electron chi connectivity index (χ1n) is 2.60. The van der Waals surface area contributed by atoms with Gasteiger partial charge in [0.05, 0.1) is 0 Å². The van der Waals surface area contributed by atoms with Gasteiger partial charge in [-0.2, -0.15) is 0 Å². The molecule has 0 radical (unpaired) electrons. The fraction of sp³-hybridized carbons (Fsp3) is 0.143. The summed E-state index contributed by atoms with van der Waals surface area (Å²) in [5.41, 5.74) is 1.22. The van der Waals surface area contributed by atoms with E-state index in [0.29, 0.717) is 0 Å². The number of nitrogens with zero attached hydrogens (tertiary/aromatic N) is 1. The molecule has 0 fully saturated rings. The number of hydrogen-bond acceptors (Lipinski definition) is 0. The molecule has 42 valence electrons. The lowest BCUT2D eigenvalue weighted by atomic mass is 10.5. The summed E-state index contributed by atoms with van der Waals surface area (Å²) in [5.74, 6) is 0. The summed E-state index contributed by atoms with van der Waals surface area (Å²) in [7, 11) is 0. The van der Waals surface area contributed by atoms with Crippen molar-refractivity contribution in [3.63, 3.8) is 0 Å². The van der Waals surface area contributed by atoms with Crippen molar-refractivity contribution in [1.82, 2.24) is 4.57 Å². The predicted octanol–water partition coefficient (Wildman–Crippen LogP) is 1.90. The van der Waals surface area contributed by atoms with Crippen molar-refractivity contribution in [2.45, 2.75) is 6.92 Å². The van der Waals surface area contributed by atoms with Crippen LogP contribution in [0, 0.1) is 6.92 Å². The molecule has 0 aliphatic heterocycles. The van der Waals surface area contributed by atoms with Crippen molar-refractivity contribution in [3.8, 4) is 0 Å². The van der Waals surface area contributed by atoms with Crippen LogP contribution in [-0.4, -0.2) is 4.57 Å². The maximum atomic E-state index is 3.63. The maximum absolute atomic E-state index is 3.63. The van der Waals surface area contributed by atoms with Crippen LogP contribution in [0.3, 0.4) is 0 Å². The van der Waals surface area contributed by atoms with E-state index in [2.05, 4.69) is 6.58 Å². The highest BCUT2D eigenvalue weighted by molar-refractivity contribution is 5.23. The van der Waals surface area contributed by atoms with Crippen LogP contribution in [0.25, 0.3) is 6.20 Å². The Morgan fingerprint density at radius 2 is 2.50 bits per heavy atom. The van der Waals surface area contributed by atoms with Crippen molar-refractivity contribution in [2.75, 3.05) is 0 Å². The van der Waals surface area contributed by atoms with Gasteiger partial charge in [0.1, 0.15) is 0 Å². The van der Waals surface area contributed by atoms with E-state index in [1.54, 1.807) is 6.20 Å². The minimum Gasteiger partial charge on any atom is -0.328 e. The van der Waals surface area contributed by atoms with Gasteiger partial charge in [0, 0.05) is 18.1 Å². The third-order valence-corrected chi connectivity index (χ3v) is 1.19. The first-order chi connectivity index (χ1) is 3.84. The van der Waals surface area contributed by atoms with Crippen LogP contribution in [-0.2, 0) is 0 Å². The molecule has 0 unspecified atom stereocenters. The fourth-order valence-corrected chi connectivity index (χ4v) is 0.683. The van der Waals surface area contributed by atoms with Crippen LogP contribution >= 0.6 is 0 Å². The van der Waals surface area contributed by atoms with E-state index in [-0.39, 0.29) is 0 Å². The molecule has 0 spiro atoms. The third kappa shape index (κ3) is 0.668. The molecule has 8 heavy (non-hydrogen) atoms. The highest BCUT2D eigenvalue weighted by Crippen LogP contribution is 1.97. The van der Waals surface area contributed by atoms with Crippen LogP contribution in [0.5, 0.6) is 0 Å². The smallest absolute Gasteiger partial charge is 0.0189 e. The molecule has 0 aliphatic rings. The minimum absolute atomic E-state index is 1.22. The Morgan fingerprint density at radius 1 is 1.75 bits per heavy atom. The van der Waals surface area contributed by atoms with Crippen molar-refractivity contribution in [3.05, 3.63) is 30.6 Å². The summed E-state index contributed by atoms with van der Waals surface area (Å²) < 4.78 is 1.97. The Bertz CT molecular complexity index is 186. The van der Waals surface area contributed by atoms with Crippen molar-refractivity contribution >= 4 is 6.20 Å². The van der Waals surface area contributed by atoms with E-state index >= 15 is 0 Å². The Hall–Kier alpha value is -0.980. The van der Waals surface area contributed by atoms with Gasteiger partial charge >= 0.3 is 0 Å². The summed E-state index contributed by atoms with van der Waals surface area (Å²) in [6, 6.07) is 4.04. The fourth-order valence-electron chi connectivity index (χ4n) is 0.683. The average molecular weight is 107 g/mol. The highest BCUT2D eigenvalue weighted by atomic mass is 14.9. The van der Waals surface area contributed by atoms with Gasteiger partial charge < -0.3 is 4.57 Å². The molecule has 0 saturated carbocycles. The van der Waals surface area contributed by atoms with Crippen molar-refractivity contribution in [1.29, 1.82) is 0 Å². The summed E-state index contributed by atoms with van der Waals surface area (Å²) in [4.78, 5) is 0. The predicted molar refractivity (Wildman–Crippen MR) is 35.6 cm³/mol. The molecule has 1 heterocycles. The Labute approximate surface area is 49.3 Å². The molecule has 0 saturated heterocycles. The Kier molecular flexibility index (Phi) is 1.20. The first-order valence-corrected chi connectivity index (χ1v) is 2.60. The first kappa shape index (κ1) is 5.16. The van der Waals surface area contributed by atoms with E-state index in [4.69, 9.17) is 0 Å². The molecule has 0 bridgehead atoms. The topological polar surface area (TPSA) is 4.93 Å². The molecule has 1 nitrogen and oxygen atoms in total. The zero-order chi connectivity index (χ0) is 5.98. The SMILES string of the molecule is C=Cn1cccc1C. The van der Waals surface area contributed by atoms with Gasteiger partial charge in [0.25, 0.3) is 0 Å². The lowest BCUT2D eigenvalue weighted by molar-refractivity contribution is 1.09. The van der Waals surface area contributed by atoms with Gasteiger partial charge in [0.15, 0.2) is 0 Å². The van der Waals surface area contributed by atoms with Gasteiger partial charge in [-0.1, -0.05) is 6.58 Å². The van der Waals surface area contributed by atoms with E-state index in [0.717, 1.165) is 0 Å². The zero-order valence-corrected chi connectivity index (χ0v) is 4.96. The van der Waals surface area contributed by atoms with E-state index in [1.165, 1.54) is 5.69 Å². The molecule has 0 atom stereocenters. The molecule has 1 aromatic heterocycles. The van der Waals surface area contributed by atoms with Crippen molar-refractivity contribution in [2.24, 2.45) is 0 Å². The second-order valence-corrected chi connectivity index (χ2v) is 1.74. The van der Waals surface area contributed by atoms with Gasteiger partial charge in [-0.3, -0.25) is 0 Å². The second kappa shape index (κ2) is 1.86. The van der Waals surface area contributed by atoms with Gasteiger partial charge in [-0.15, -0.1) is 0 Å². The molecule has 1 aromatic rings. The zero-order valence-electron chi connectivity index (χ0n) is 4.96. The molecule has 0 amide bonds. The summed E-state index contributed by atoms with van der Waals surface area (Å²) in [6.07, 6.45) is 3.76. The van der Waals surface area contributed by atoms with Crippen molar-refractivity contribution < 1.29 is 0 Å². The molecular formula is C7H9N. The van der Waals surface area contributed by atoms with Gasteiger partial charge in [-0.25, -0.2) is 0 Å². The maximum Gasteiger partial charge on any atom is 0.0189 e. The van der Waals surface area contributed by atoms with E-state index in [9.17, 15) is 0 Å². The number of aryl methyl sites for hydroxylation is 1. The standard InChI is InChI=1S/C7H9N/c1-3-8-6-4-5-7(8)2/h3-6H,1H2,2H3. The van der Waals surface area contributed by atoms with Crippen LogP contribution in [0.4, 0.5) is 0 Å². The van der Waals surface area contributed by atoms with Crippen LogP contribution in [0.2, 0.25) is 0 Å². The largest absolute Gasteiger partial charge is 0.328 e. The van der Waals surface area contributed by atoms with Crippen LogP contribution in [0.15, 0.2) is 24.9 Å². The molecule has 1 heteroatoms. The third-order valence-electron chi connectivity index (χ3n) is 1.19. The van der Waals surface area contributed by atoms with Crippen LogP contribution < -0.4 is 0 Å². The summed E-state index contributed by atoms with van der Waals surface area (Å²) >= 11 is 0. The molecule has 0 aliphatic carbocycles. The molecule has 0 N–H and O–H groups in total. The number of rotatable bonds is 1. The highest BCUT2D eigenvalue weighted by Gasteiger charge is 1.84. The lowest BCUT2D eigenvalue weighted by Gasteiger charge is -1.92. The van der Waals surface area contributed by atoms with E-state index in [1.807, 2.05) is 29.8 Å². The minimum atomic E-state index is 1.22. The molecular weight excluding hydrogens is 98.1 g/mol. The molecule has 1 rings (SSSR count). The Balaban J connectivity index is 3.09. The monoisotopic (exact) mass is 107 g/mol. The normalized spacial score (nSPS) is 9.12. The quantitative estimate of drug-likeness (QED) is 0.516. The van der Waals surface area contributed by atoms with Gasteiger partial charge in [-0.05, 0) is 19.1 Å². The van der Waals surface area contributed by atoms with E-state index < -0.39 is 0 Å². The summed E-state index contributed by atoms with van der Waals surface area (Å²) in [5, 5.41) is 0. The van der Waals surface area contributed by atoms with Crippen LogP contribution in [0.1, 0.15) is 5.69 Å². The lowest BCUT2D eigenvalue weighted by Crippen LogP contribution is -1.82. The number of aromatic nitrogens is 1.